The van der Waals surface area contributed by atoms with E-state index in [9.17, 15) is 0 Å². The Bertz CT molecular complexity index is 422. The molecule has 1 fully saturated rings. The molecule has 2 unspecified atom stereocenters. The van der Waals surface area contributed by atoms with Crippen LogP contribution in [0.1, 0.15) is 57.7 Å². The molecule has 1 saturated carbocycles. The predicted octanol–water partition coefficient (Wildman–Crippen LogP) is 3.39. The monoisotopic (exact) mass is 295 g/mol. The molecule has 1 aliphatic rings. The van der Waals surface area contributed by atoms with Gasteiger partial charge >= 0.3 is 0 Å². The smallest absolute Gasteiger partial charge is 0.0982 e. The number of nitrogens with two attached hydrogens (primary N) is 1. The summed E-state index contributed by atoms with van der Waals surface area (Å²) in [6.45, 7) is 11.8. The molecule has 20 heavy (non-hydrogen) atoms. The van der Waals surface area contributed by atoms with E-state index in [4.69, 9.17) is 10.7 Å². The number of nitrogens with zero attached hydrogens (tertiary/aromatic N) is 2. The van der Waals surface area contributed by atoms with Gasteiger partial charge in [-0.1, -0.05) is 34.1 Å². The highest BCUT2D eigenvalue weighted by atomic mass is 32.1. The van der Waals surface area contributed by atoms with Crippen molar-refractivity contribution in [1.29, 1.82) is 0 Å². The van der Waals surface area contributed by atoms with E-state index in [-0.39, 0.29) is 5.41 Å². The maximum Gasteiger partial charge on any atom is 0.0982 e. The van der Waals surface area contributed by atoms with Gasteiger partial charge in [-0.15, -0.1) is 11.3 Å². The zero-order valence-electron chi connectivity index (χ0n) is 13.4. The van der Waals surface area contributed by atoms with Gasteiger partial charge in [-0.25, -0.2) is 4.98 Å². The molecule has 2 rings (SSSR count). The molecule has 2 atom stereocenters. The molecular formula is C16H29N3S. The van der Waals surface area contributed by atoms with Gasteiger partial charge in [0.1, 0.15) is 0 Å². The van der Waals surface area contributed by atoms with E-state index >= 15 is 0 Å². The summed E-state index contributed by atoms with van der Waals surface area (Å²) >= 11 is 1.80. The molecule has 4 heteroatoms. The Hall–Kier alpha value is -0.450. The van der Waals surface area contributed by atoms with Crippen molar-refractivity contribution in [3.05, 3.63) is 16.1 Å². The molecule has 2 N–H and O–H groups in total. The molecule has 1 aromatic rings. The van der Waals surface area contributed by atoms with Crippen LogP contribution in [0.4, 0.5) is 0 Å². The molecular weight excluding hydrogens is 266 g/mol. The van der Waals surface area contributed by atoms with Crippen molar-refractivity contribution in [3.8, 4) is 0 Å². The van der Waals surface area contributed by atoms with Gasteiger partial charge in [0.2, 0.25) is 0 Å². The van der Waals surface area contributed by atoms with Crippen LogP contribution in [0.15, 0.2) is 5.38 Å². The van der Waals surface area contributed by atoms with Crippen molar-refractivity contribution in [1.82, 2.24) is 9.88 Å². The molecule has 0 saturated heterocycles. The molecule has 0 spiro atoms. The van der Waals surface area contributed by atoms with Gasteiger partial charge < -0.3 is 5.73 Å². The van der Waals surface area contributed by atoms with Crippen LogP contribution in [0.3, 0.4) is 0 Å². The first-order valence-electron chi connectivity index (χ1n) is 7.84. The lowest BCUT2D eigenvalue weighted by Gasteiger charge is -2.31. The first-order chi connectivity index (χ1) is 9.45. The molecule has 1 heterocycles. The van der Waals surface area contributed by atoms with Crippen LogP contribution in [-0.4, -0.2) is 29.0 Å². The largest absolute Gasteiger partial charge is 0.330 e. The van der Waals surface area contributed by atoms with Gasteiger partial charge in [-0.2, -0.15) is 0 Å². The number of rotatable bonds is 5. The maximum atomic E-state index is 5.93. The third kappa shape index (κ3) is 3.60. The van der Waals surface area contributed by atoms with E-state index in [2.05, 4.69) is 38.0 Å². The fraction of sp³-hybridized carbons (Fsp3) is 0.812. The topological polar surface area (TPSA) is 42.2 Å². The first kappa shape index (κ1) is 15.9. The second-order valence-electron chi connectivity index (χ2n) is 6.95. The third-order valence-electron chi connectivity index (χ3n) is 4.36. The number of hydrogen-bond acceptors (Lipinski definition) is 4. The Morgan fingerprint density at radius 3 is 2.70 bits per heavy atom. The lowest BCUT2D eigenvalue weighted by Crippen LogP contribution is -2.39. The molecule has 0 amide bonds. The first-order valence-corrected chi connectivity index (χ1v) is 8.72. The number of aromatic nitrogens is 1. The van der Waals surface area contributed by atoms with Crippen LogP contribution in [0.2, 0.25) is 0 Å². The minimum atomic E-state index is 0.160. The molecule has 1 aliphatic carbocycles. The molecule has 114 valence electrons. The summed E-state index contributed by atoms with van der Waals surface area (Å²) in [6.07, 6.45) is 3.92. The zero-order chi connectivity index (χ0) is 14.8. The standard InChI is InChI=1S/C16H29N3S/c1-5-19(14-8-6-7-12(14)9-17)10-13-11-20-15(18-13)16(2,3)4/h11-12,14H,5-10,17H2,1-4H3. The molecule has 3 nitrogen and oxygen atoms in total. The molecule has 0 bridgehead atoms. The second kappa shape index (κ2) is 6.54. The average molecular weight is 295 g/mol. The lowest BCUT2D eigenvalue weighted by atomic mass is 9.98. The van der Waals surface area contributed by atoms with E-state index in [0.717, 1.165) is 19.6 Å². The maximum absolute atomic E-state index is 5.93. The lowest BCUT2D eigenvalue weighted by molar-refractivity contribution is 0.160. The van der Waals surface area contributed by atoms with Crippen LogP contribution in [-0.2, 0) is 12.0 Å². The fourth-order valence-electron chi connectivity index (χ4n) is 3.17. The summed E-state index contributed by atoms with van der Waals surface area (Å²) in [4.78, 5) is 7.41. The SMILES string of the molecule is CCN(Cc1csc(C(C)(C)C)n1)C1CCCC1CN. The minimum absolute atomic E-state index is 0.160. The molecule has 1 aromatic heterocycles. The Morgan fingerprint density at radius 2 is 2.15 bits per heavy atom. The van der Waals surface area contributed by atoms with E-state index < -0.39 is 0 Å². The Morgan fingerprint density at radius 1 is 1.40 bits per heavy atom. The molecule has 0 aliphatic heterocycles. The van der Waals surface area contributed by atoms with Gasteiger partial charge in [0.25, 0.3) is 0 Å². The van der Waals surface area contributed by atoms with E-state index in [1.54, 1.807) is 11.3 Å². The van der Waals surface area contributed by atoms with Crippen molar-refractivity contribution < 1.29 is 0 Å². The summed E-state index contributed by atoms with van der Waals surface area (Å²) < 4.78 is 0. The van der Waals surface area contributed by atoms with E-state index in [1.165, 1.54) is 30.0 Å². The van der Waals surface area contributed by atoms with Gasteiger partial charge in [0.05, 0.1) is 10.7 Å². The average Bonchev–Trinajstić information content (AvgIpc) is 3.03. The third-order valence-corrected chi connectivity index (χ3v) is 5.67. The van der Waals surface area contributed by atoms with Crippen molar-refractivity contribution in [3.63, 3.8) is 0 Å². The number of thiazole rings is 1. The zero-order valence-corrected chi connectivity index (χ0v) is 14.2. The summed E-state index contributed by atoms with van der Waals surface area (Å²) in [5.74, 6) is 0.677. The van der Waals surface area contributed by atoms with Gasteiger partial charge in [-0.05, 0) is 31.8 Å². The van der Waals surface area contributed by atoms with Crippen LogP contribution in [0.5, 0.6) is 0 Å². The Kier molecular flexibility index (Phi) is 5.21. The predicted molar refractivity (Wildman–Crippen MR) is 87.1 cm³/mol. The van der Waals surface area contributed by atoms with Gasteiger partial charge in [0.15, 0.2) is 0 Å². The summed E-state index contributed by atoms with van der Waals surface area (Å²) in [7, 11) is 0. The summed E-state index contributed by atoms with van der Waals surface area (Å²) in [5.41, 5.74) is 7.32. The summed E-state index contributed by atoms with van der Waals surface area (Å²) in [6, 6.07) is 0.657. The highest BCUT2D eigenvalue weighted by Gasteiger charge is 2.30. The van der Waals surface area contributed by atoms with Crippen LogP contribution < -0.4 is 5.73 Å². The highest BCUT2D eigenvalue weighted by molar-refractivity contribution is 7.09. The van der Waals surface area contributed by atoms with Crippen LogP contribution in [0.25, 0.3) is 0 Å². The van der Waals surface area contributed by atoms with Crippen molar-refractivity contribution in [2.24, 2.45) is 11.7 Å². The second-order valence-corrected chi connectivity index (χ2v) is 7.81. The summed E-state index contributed by atoms with van der Waals surface area (Å²) in [5, 5.41) is 3.47. The van der Waals surface area contributed by atoms with Crippen LogP contribution >= 0.6 is 11.3 Å². The van der Waals surface area contributed by atoms with Gasteiger partial charge in [-0.3, -0.25) is 4.90 Å². The number of hydrogen-bond donors (Lipinski definition) is 1. The highest BCUT2D eigenvalue weighted by Crippen LogP contribution is 2.31. The molecule has 0 aromatic carbocycles. The van der Waals surface area contributed by atoms with Crippen molar-refractivity contribution in [2.45, 2.75) is 65.0 Å². The Balaban J connectivity index is 2.05. The quantitative estimate of drug-likeness (QED) is 0.905. The fourth-order valence-corrected chi connectivity index (χ4v) is 4.07. The van der Waals surface area contributed by atoms with E-state index in [1.807, 2.05) is 0 Å². The van der Waals surface area contributed by atoms with Crippen molar-refractivity contribution in [2.75, 3.05) is 13.1 Å². The Labute approximate surface area is 127 Å². The van der Waals surface area contributed by atoms with Gasteiger partial charge in [0, 0.05) is 23.4 Å². The van der Waals surface area contributed by atoms with E-state index in [0.29, 0.717) is 12.0 Å². The van der Waals surface area contributed by atoms with Crippen molar-refractivity contribution >= 4 is 11.3 Å². The normalized spacial score (nSPS) is 23.7. The minimum Gasteiger partial charge on any atom is -0.330 e. The van der Waals surface area contributed by atoms with Crippen LogP contribution in [0, 0.1) is 5.92 Å². The molecule has 0 radical (unpaired) electrons.